The van der Waals surface area contributed by atoms with E-state index in [1.54, 1.807) is 26.3 Å². The number of carbonyl (C=O) groups is 1. The fourth-order valence-electron chi connectivity index (χ4n) is 1.58. The molecular formula is C13H14N4O3. The Morgan fingerprint density at radius 1 is 1.35 bits per heavy atom. The van der Waals surface area contributed by atoms with Crippen molar-refractivity contribution in [3.8, 4) is 5.88 Å². The van der Waals surface area contributed by atoms with Crippen molar-refractivity contribution in [2.24, 2.45) is 0 Å². The van der Waals surface area contributed by atoms with Gasteiger partial charge in [0.15, 0.2) is 0 Å². The zero-order valence-corrected chi connectivity index (χ0v) is 11.1. The summed E-state index contributed by atoms with van der Waals surface area (Å²) in [4.78, 5) is 23.0. The maximum Gasteiger partial charge on any atom is 0.339 e. The van der Waals surface area contributed by atoms with Gasteiger partial charge in [-0.3, -0.25) is 0 Å². The number of carboxylic acid groups (broad SMARTS) is 1. The lowest BCUT2D eigenvalue weighted by Gasteiger charge is -2.07. The van der Waals surface area contributed by atoms with Crippen LogP contribution in [0.15, 0.2) is 24.5 Å². The predicted octanol–water partition coefficient (Wildman–Crippen LogP) is 1.50. The summed E-state index contributed by atoms with van der Waals surface area (Å²) in [7, 11) is 1.56. The molecule has 104 valence electrons. The van der Waals surface area contributed by atoms with Gasteiger partial charge >= 0.3 is 5.97 Å². The first kappa shape index (κ1) is 13.7. The highest BCUT2D eigenvalue weighted by molar-refractivity contribution is 5.88. The summed E-state index contributed by atoms with van der Waals surface area (Å²) in [6.07, 6.45) is 2.98. The molecule has 0 aliphatic heterocycles. The molecule has 0 unspecified atom stereocenters. The Morgan fingerprint density at radius 3 is 2.70 bits per heavy atom. The summed E-state index contributed by atoms with van der Waals surface area (Å²) in [5, 5.41) is 11.9. The molecule has 0 aliphatic carbocycles. The Kier molecular flexibility index (Phi) is 4.09. The van der Waals surface area contributed by atoms with Crippen molar-refractivity contribution in [1.82, 2.24) is 15.0 Å². The maximum absolute atomic E-state index is 10.9. The summed E-state index contributed by atoms with van der Waals surface area (Å²) >= 11 is 0. The second-order valence-electron chi connectivity index (χ2n) is 4.06. The van der Waals surface area contributed by atoms with Gasteiger partial charge in [-0.1, -0.05) is 6.07 Å². The normalized spacial score (nSPS) is 10.1. The molecule has 0 amide bonds. The van der Waals surface area contributed by atoms with E-state index in [-0.39, 0.29) is 5.56 Å². The minimum absolute atomic E-state index is 0.0988. The first-order valence-electron chi connectivity index (χ1n) is 5.90. The zero-order chi connectivity index (χ0) is 14.5. The number of hydrogen-bond acceptors (Lipinski definition) is 6. The van der Waals surface area contributed by atoms with Crippen molar-refractivity contribution in [2.45, 2.75) is 13.5 Å². The quantitative estimate of drug-likeness (QED) is 0.852. The van der Waals surface area contributed by atoms with Crippen LogP contribution in [0, 0.1) is 6.92 Å². The number of methoxy groups -OCH3 is 1. The minimum atomic E-state index is -1.03. The zero-order valence-electron chi connectivity index (χ0n) is 11.1. The van der Waals surface area contributed by atoms with Gasteiger partial charge in [0.25, 0.3) is 0 Å². The molecule has 0 bridgehead atoms. The van der Waals surface area contributed by atoms with E-state index in [0.29, 0.717) is 24.1 Å². The molecule has 0 aliphatic rings. The fraction of sp³-hybridized carbons (Fsp3) is 0.231. The molecule has 0 saturated carbocycles. The number of rotatable bonds is 5. The first-order valence-corrected chi connectivity index (χ1v) is 5.90. The molecule has 0 atom stereocenters. The average molecular weight is 274 g/mol. The summed E-state index contributed by atoms with van der Waals surface area (Å²) < 4.78 is 4.97. The molecule has 7 nitrogen and oxygen atoms in total. The van der Waals surface area contributed by atoms with E-state index in [1.165, 1.54) is 6.20 Å². The third-order valence-corrected chi connectivity index (χ3v) is 2.67. The molecule has 0 saturated heterocycles. The lowest BCUT2D eigenvalue weighted by atomic mass is 10.2. The first-order chi connectivity index (χ1) is 9.60. The van der Waals surface area contributed by atoms with E-state index < -0.39 is 5.97 Å². The van der Waals surface area contributed by atoms with Crippen LogP contribution in [0.3, 0.4) is 0 Å². The lowest BCUT2D eigenvalue weighted by molar-refractivity contribution is 0.0695. The van der Waals surface area contributed by atoms with E-state index in [2.05, 4.69) is 20.3 Å². The van der Waals surface area contributed by atoms with Crippen molar-refractivity contribution in [3.05, 3.63) is 41.3 Å². The van der Waals surface area contributed by atoms with Crippen LogP contribution < -0.4 is 10.1 Å². The van der Waals surface area contributed by atoms with Crippen molar-refractivity contribution in [1.29, 1.82) is 0 Å². The number of nitrogens with zero attached hydrogens (tertiary/aromatic N) is 3. The third-order valence-electron chi connectivity index (χ3n) is 2.67. The van der Waals surface area contributed by atoms with Crippen LogP contribution in [0.4, 0.5) is 5.95 Å². The number of aromatic nitrogens is 3. The molecule has 0 fully saturated rings. The fourth-order valence-corrected chi connectivity index (χ4v) is 1.58. The molecule has 2 aromatic rings. The molecule has 2 rings (SSSR count). The summed E-state index contributed by atoms with van der Waals surface area (Å²) in [5.41, 5.74) is 1.46. The second-order valence-corrected chi connectivity index (χ2v) is 4.06. The van der Waals surface area contributed by atoms with Gasteiger partial charge in [0, 0.05) is 25.0 Å². The Hall–Kier alpha value is -2.70. The van der Waals surface area contributed by atoms with Gasteiger partial charge in [0.1, 0.15) is 0 Å². The molecule has 2 aromatic heterocycles. The van der Waals surface area contributed by atoms with E-state index in [1.807, 2.05) is 6.07 Å². The molecular weight excluding hydrogens is 260 g/mol. The van der Waals surface area contributed by atoms with Crippen LogP contribution in [0.5, 0.6) is 5.88 Å². The standard InChI is InChI=1S/C13H14N4O3/c1-8-10(12(18)19)7-16-13(17-8)15-6-9-3-4-11(20-2)14-5-9/h3-5,7H,6H2,1-2H3,(H,18,19)(H,15,16,17). The average Bonchev–Trinajstić information content (AvgIpc) is 2.45. The van der Waals surface area contributed by atoms with E-state index >= 15 is 0 Å². The van der Waals surface area contributed by atoms with Crippen molar-refractivity contribution in [3.63, 3.8) is 0 Å². The third kappa shape index (κ3) is 3.19. The molecule has 7 heteroatoms. The minimum Gasteiger partial charge on any atom is -0.481 e. The number of anilines is 1. The van der Waals surface area contributed by atoms with E-state index in [4.69, 9.17) is 9.84 Å². The van der Waals surface area contributed by atoms with Crippen LogP contribution >= 0.6 is 0 Å². The van der Waals surface area contributed by atoms with Gasteiger partial charge in [-0.15, -0.1) is 0 Å². The van der Waals surface area contributed by atoms with Crippen LogP contribution in [-0.4, -0.2) is 33.1 Å². The van der Waals surface area contributed by atoms with Crippen LogP contribution in [0.2, 0.25) is 0 Å². The molecule has 0 radical (unpaired) electrons. The number of aromatic carboxylic acids is 1. The number of aryl methyl sites for hydroxylation is 1. The highest BCUT2D eigenvalue weighted by Crippen LogP contribution is 2.10. The van der Waals surface area contributed by atoms with Gasteiger partial charge in [-0.25, -0.2) is 19.7 Å². The number of nitrogens with one attached hydrogen (secondary N) is 1. The second kappa shape index (κ2) is 5.96. The summed E-state index contributed by atoms with van der Waals surface area (Å²) in [6, 6.07) is 3.63. The Balaban J connectivity index is 2.03. The van der Waals surface area contributed by atoms with Crippen molar-refractivity contribution in [2.75, 3.05) is 12.4 Å². The van der Waals surface area contributed by atoms with Crippen LogP contribution in [-0.2, 0) is 6.54 Å². The molecule has 20 heavy (non-hydrogen) atoms. The van der Waals surface area contributed by atoms with Gasteiger partial charge in [0.2, 0.25) is 11.8 Å². The van der Waals surface area contributed by atoms with Gasteiger partial charge < -0.3 is 15.2 Å². The molecule has 0 aromatic carbocycles. The van der Waals surface area contributed by atoms with Crippen LogP contribution in [0.25, 0.3) is 0 Å². The van der Waals surface area contributed by atoms with Crippen molar-refractivity contribution < 1.29 is 14.6 Å². The Bertz CT molecular complexity index is 614. The number of carboxylic acids is 1. The smallest absolute Gasteiger partial charge is 0.339 e. The summed E-state index contributed by atoms with van der Waals surface area (Å²) in [6.45, 7) is 2.12. The molecule has 0 spiro atoms. The molecule has 2 heterocycles. The number of ether oxygens (including phenoxy) is 1. The van der Waals surface area contributed by atoms with Gasteiger partial charge in [-0.05, 0) is 12.5 Å². The van der Waals surface area contributed by atoms with E-state index in [9.17, 15) is 4.79 Å². The Morgan fingerprint density at radius 2 is 2.15 bits per heavy atom. The topological polar surface area (TPSA) is 97.2 Å². The largest absolute Gasteiger partial charge is 0.481 e. The Labute approximate surface area is 115 Å². The van der Waals surface area contributed by atoms with E-state index in [0.717, 1.165) is 5.56 Å². The lowest BCUT2D eigenvalue weighted by Crippen LogP contribution is -2.08. The summed E-state index contributed by atoms with van der Waals surface area (Å²) in [5.74, 6) is -0.108. The monoisotopic (exact) mass is 274 g/mol. The van der Waals surface area contributed by atoms with Gasteiger partial charge in [0.05, 0.1) is 18.4 Å². The highest BCUT2D eigenvalue weighted by atomic mass is 16.5. The maximum atomic E-state index is 10.9. The predicted molar refractivity (Wildman–Crippen MR) is 71.8 cm³/mol. The van der Waals surface area contributed by atoms with Crippen LogP contribution in [0.1, 0.15) is 21.6 Å². The van der Waals surface area contributed by atoms with Crippen molar-refractivity contribution >= 4 is 11.9 Å². The SMILES string of the molecule is COc1ccc(CNc2ncc(C(=O)O)c(C)n2)cn1. The van der Waals surface area contributed by atoms with Gasteiger partial charge in [-0.2, -0.15) is 0 Å². The highest BCUT2D eigenvalue weighted by Gasteiger charge is 2.09. The number of hydrogen-bond donors (Lipinski definition) is 2. The number of pyridine rings is 1. The molecule has 2 N–H and O–H groups in total.